The van der Waals surface area contributed by atoms with E-state index in [-0.39, 0.29) is 5.56 Å². The minimum Gasteiger partial charge on any atom is -0.488 e. The number of ether oxygens (including phenoxy) is 1. The fourth-order valence-electron chi connectivity index (χ4n) is 2.65. The number of halogens is 1. The first-order valence-electron chi connectivity index (χ1n) is 8.43. The highest BCUT2D eigenvalue weighted by Gasteiger charge is 2.09. The number of benzene rings is 2. The Morgan fingerprint density at radius 3 is 2.68 bits per heavy atom. The Labute approximate surface area is 171 Å². The summed E-state index contributed by atoms with van der Waals surface area (Å²) in [5.74, 6) is -0.456. The van der Waals surface area contributed by atoms with Crippen LogP contribution in [0.1, 0.15) is 11.1 Å². The number of carbonyl (C=O) groups is 1. The molecule has 0 unspecified atom stereocenters. The van der Waals surface area contributed by atoms with Crippen molar-refractivity contribution in [2.75, 3.05) is 0 Å². The SMILES string of the molecule is Bc1ccc(OCc2ccc(Cl)cc2)c(/C=c2\sc(=C)n(CC(=O)O)c2=O)c1. The molecule has 0 aliphatic rings. The number of aromatic nitrogens is 1. The molecule has 0 saturated heterocycles. The molecule has 0 atom stereocenters. The Hall–Kier alpha value is -2.77. The van der Waals surface area contributed by atoms with E-state index in [1.165, 1.54) is 0 Å². The minimum absolute atomic E-state index is 0.356. The number of rotatable bonds is 6. The third-order valence-corrected chi connectivity index (χ3v) is 5.26. The van der Waals surface area contributed by atoms with E-state index in [4.69, 9.17) is 21.4 Å². The van der Waals surface area contributed by atoms with Crippen molar-refractivity contribution in [1.29, 1.82) is 0 Å². The van der Waals surface area contributed by atoms with E-state index < -0.39 is 12.5 Å². The topological polar surface area (TPSA) is 68.5 Å². The number of carboxylic acids is 1. The Morgan fingerprint density at radius 2 is 2.00 bits per heavy atom. The fourth-order valence-corrected chi connectivity index (χ4v) is 3.67. The van der Waals surface area contributed by atoms with Gasteiger partial charge in [-0.05, 0) is 29.8 Å². The summed E-state index contributed by atoms with van der Waals surface area (Å²) < 4.78 is 7.91. The molecule has 142 valence electrons. The summed E-state index contributed by atoms with van der Waals surface area (Å²) in [7, 11) is 1.95. The van der Waals surface area contributed by atoms with Gasteiger partial charge in [0.15, 0.2) is 0 Å². The van der Waals surface area contributed by atoms with Gasteiger partial charge >= 0.3 is 5.97 Å². The van der Waals surface area contributed by atoms with Crippen molar-refractivity contribution in [2.24, 2.45) is 0 Å². The van der Waals surface area contributed by atoms with Gasteiger partial charge in [0, 0.05) is 10.6 Å². The van der Waals surface area contributed by atoms with Crippen molar-refractivity contribution in [3.05, 3.63) is 78.2 Å². The van der Waals surface area contributed by atoms with Crippen LogP contribution in [0.15, 0.2) is 47.3 Å². The number of nitrogens with zero attached hydrogens (tertiary/aromatic N) is 1. The predicted molar refractivity (Wildman–Crippen MR) is 115 cm³/mol. The van der Waals surface area contributed by atoms with Crippen LogP contribution in [0.3, 0.4) is 0 Å². The lowest BCUT2D eigenvalue weighted by Crippen LogP contribution is -2.33. The standard InChI is InChI=1S/C20H17BClNO4S/c1-12-23(10-19(24)25)20(26)18(28-12)9-14-8-15(21)4-7-17(14)27-11-13-2-5-16(22)6-3-13/h2-9H,1,10-11,21H2,(H,24,25)/b18-9-. The Bertz CT molecular complexity index is 1180. The molecule has 1 N–H and O–H groups in total. The van der Waals surface area contributed by atoms with Crippen molar-refractivity contribution in [2.45, 2.75) is 13.2 Å². The highest BCUT2D eigenvalue weighted by atomic mass is 35.5. The van der Waals surface area contributed by atoms with Gasteiger partial charge < -0.3 is 9.84 Å². The van der Waals surface area contributed by atoms with Gasteiger partial charge in [-0.3, -0.25) is 14.2 Å². The van der Waals surface area contributed by atoms with Crippen LogP contribution in [-0.2, 0) is 17.9 Å². The maximum absolute atomic E-state index is 12.5. The smallest absolute Gasteiger partial charge is 0.323 e. The Kier molecular flexibility index (Phi) is 6.07. The van der Waals surface area contributed by atoms with Gasteiger partial charge in [-0.25, -0.2) is 0 Å². The van der Waals surface area contributed by atoms with Crippen LogP contribution in [-0.4, -0.2) is 23.5 Å². The third kappa shape index (κ3) is 4.74. The normalized spacial score (nSPS) is 11.5. The first-order chi connectivity index (χ1) is 13.3. The van der Waals surface area contributed by atoms with Gasteiger partial charge in [-0.2, -0.15) is 0 Å². The van der Waals surface area contributed by atoms with Crippen molar-refractivity contribution in [3.8, 4) is 5.75 Å². The molecule has 8 heteroatoms. The van der Waals surface area contributed by atoms with Crippen molar-refractivity contribution in [1.82, 2.24) is 4.57 Å². The number of hydrogen-bond donors (Lipinski definition) is 1. The van der Waals surface area contributed by atoms with Crippen LogP contribution in [0.5, 0.6) is 5.75 Å². The summed E-state index contributed by atoms with van der Waals surface area (Å²) in [6, 6.07) is 13.1. The lowest BCUT2D eigenvalue weighted by Gasteiger charge is -2.10. The molecule has 3 aromatic rings. The molecule has 0 aliphatic carbocycles. The molecule has 0 spiro atoms. The number of carboxylic acid groups (broad SMARTS) is 1. The molecule has 28 heavy (non-hydrogen) atoms. The zero-order chi connectivity index (χ0) is 20.3. The number of hydrogen-bond acceptors (Lipinski definition) is 4. The van der Waals surface area contributed by atoms with Crippen LogP contribution in [0, 0.1) is 0 Å². The van der Waals surface area contributed by atoms with Crippen LogP contribution < -0.4 is 25.0 Å². The van der Waals surface area contributed by atoms with Gasteiger partial charge in [0.25, 0.3) is 5.56 Å². The third-order valence-electron chi connectivity index (χ3n) is 4.04. The second kappa shape index (κ2) is 8.50. The molecule has 0 saturated carbocycles. The summed E-state index contributed by atoms with van der Waals surface area (Å²) in [5, 5.41) is 9.63. The van der Waals surface area contributed by atoms with Crippen LogP contribution in [0.25, 0.3) is 12.7 Å². The molecular weight excluding hydrogens is 397 g/mol. The Balaban J connectivity index is 1.96. The highest BCUT2D eigenvalue weighted by molar-refractivity contribution is 7.07. The van der Waals surface area contributed by atoms with E-state index in [1.807, 2.05) is 38.2 Å². The van der Waals surface area contributed by atoms with Gasteiger partial charge in [0.2, 0.25) is 0 Å². The van der Waals surface area contributed by atoms with Gasteiger partial charge in [0.05, 0.1) is 9.20 Å². The largest absolute Gasteiger partial charge is 0.488 e. The second-order valence-electron chi connectivity index (χ2n) is 6.25. The average Bonchev–Trinajstić information content (AvgIpc) is 2.89. The summed E-state index contributed by atoms with van der Waals surface area (Å²) in [5.41, 5.74) is 2.36. The molecule has 3 rings (SSSR count). The molecule has 0 fully saturated rings. The highest BCUT2D eigenvalue weighted by Crippen LogP contribution is 2.19. The lowest BCUT2D eigenvalue weighted by molar-refractivity contribution is -0.137. The maximum atomic E-state index is 12.5. The van der Waals surface area contributed by atoms with Gasteiger partial charge in [0.1, 0.15) is 26.7 Å². The zero-order valence-corrected chi connectivity index (χ0v) is 16.7. The fraction of sp³-hybridized carbons (Fsp3) is 0.100. The van der Waals surface area contributed by atoms with Crippen molar-refractivity contribution in [3.63, 3.8) is 0 Å². The molecule has 0 amide bonds. The summed E-state index contributed by atoms with van der Waals surface area (Å²) in [6.07, 6.45) is 1.71. The van der Waals surface area contributed by atoms with Crippen molar-refractivity contribution >= 4 is 54.9 Å². The monoisotopic (exact) mass is 413 g/mol. The van der Waals surface area contributed by atoms with Crippen molar-refractivity contribution < 1.29 is 14.6 Å². The number of thiazole rings is 1. The van der Waals surface area contributed by atoms with E-state index >= 15 is 0 Å². The van der Waals surface area contributed by atoms with Gasteiger partial charge in [-0.15, -0.1) is 11.3 Å². The second-order valence-corrected chi connectivity index (χ2v) is 7.80. The molecule has 0 aliphatic heterocycles. The molecular formula is C20H17BClNO4S. The maximum Gasteiger partial charge on any atom is 0.323 e. The molecule has 2 aromatic carbocycles. The van der Waals surface area contributed by atoms with Crippen LogP contribution >= 0.6 is 22.9 Å². The predicted octanol–water partition coefficient (Wildman–Crippen LogP) is 0.724. The zero-order valence-electron chi connectivity index (χ0n) is 15.1. The van der Waals surface area contributed by atoms with E-state index in [1.54, 1.807) is 18.2 Å². The summed E-state index contributed by atoms with van der Waals surface area (Å²) in [4.78, 5) is 23.5. The quantitative estimate of drug-likeness (QED) is 0.605. The van der Waals surface area contributed by atoms with E-state index in [2.05, 4.69) is 6.58 Å². The molecule has 1 aromatic heterocycles. The summed E-state index contributed by atoms with van der Waals surface area (Å²) in [6.45, 7) is 3.73. The van der Waals surface area contributed by atoms with Crippen LogP contribution in [0.2, 0.25) is 5.02 Å². The summed E-state index contributed by atoms with van der Waals surface area (Å²) >= 11 is 7.06. The van der Waals surface area contributed by atoms with Gasteiger partial charge in [-0.1, -0.05) is 47.9 Å². The molecule has 5 nitrogen and oxygen atoms in total. The molecule has 1 heterocycles. The molecule has 0 bridgehead atoms. The van der Waals surface area contributed by atoms with E-state index in [9.17, 15) is 9.59 Å². The minimum atomic E-state index is -1.08. The Morgan fingerprint density at radius 1 is 1.29 bits per heavy atom. The first kappa shape index (κ1) is 20.0. The first-order valence-corrected chi connectivity index (χ1v) is 9.63. The number of aliphatic carboxylic acids is 1. The van der Waals surface area contributed by atoms with Crippen LogP contribution in [0.4, 0.5) is 0 Å². The van der Waals surface area contributed by atoms with E-state index in [0.717, 1.165) is 32.5 Å². The average molecular weight is 414 g/mol. The molecule has 0 radical (unpaired) electrons. The lowest BCUT2D eigenvalue weighted by atomic mass is 9.94. The van der Waals surface area contributed by atoms with E-state index in [0.29, 0.717) is 26.6 Å².